The van der Waals surface area contributed by atoms with E-state index in [1.807, 2.05) is 36.7 Å². The summed E-state index contributed by atoms with van der Waals surface area (Å²) in [6, 6.07) is 5.73. The Kier molecular flexibility index (Phi) is 3.67. The van der Waals surface area contributed by atoms with Gasteiger partial charge in [0.1, 0.15) is 12.4 Å². The van der Waals surface area contributed by atoms with Crippen LogP contribution in [0.3, 0.4) is 0 Å². The second-order valence-electron chi connectivity index (χ2n) is 4.49. The Morgan fingerprint density at radius 3 is 2.78 bits per heavy atom. The molecule has 1 N–H and O–H groups in total. The van der Waals surface area contributed by atoms with E-state index in [9.17, 15) is 5.11 Å². The molecule has 0 aliphatic heterocycles. The number of hydrogen-bond acceptors (Lipinski definition) is 3. The van der Waals surface area contributed by atoms with Crippen molar-refractivity contribution in [3.8, 4) is 5.75 Å². The molecular weight excluding hydrogens is 228 g/mol. The van der Waals surface area contributed by atoms with Crippen molar-refractivity contribution in [1.82, 2.24) is 9.55 Å². The quantitative estimate of drug-likeness (QED) is 0.900. The summed E-state index contributed by atoms with van der Waals surface area (Å²) < 4.78 is 7.68. The smallest absolute Gasteiger partial charge is 0.130 e. The SMILES string of the molecule is Cc1cc([C@@H](C)O)ccc1OCc1cncn1C. The van der Waals surface area contributed by atoms with Gasteiger partial charge in [-0.15, -0.1) is 0 Å². The zero-order chi connectivity index (χ0) is 13.1. The molecule has 4 heteroatoms. The maximum Gasteiger partial charge on any atom is 0.130 e. The number of rotatable bonds is 4. The van der Waals surface area contributed by atoms with E-state index in [1.165, 1.54) is 0 Å². The lowest BCUT2D eigenvalue weighted by molar-refractivity contribution is 0.199. The van der Waals surface area contributed by atoms with Crippen LogP contribution in [0.1, 0.15) is 29.8 Å². The third-order valence-corrected chi connectivity index (χ3v) is 2.97. The molecule has 0 fully saturated rings. The molecule has 0 unspecified atom stereocenters. The second kappa shape index (κ2) is 5.23. The van der Waals surface area contributed by atoms with Crippen molar-refractivity contribution in [2.24, 2.45) is 7.05 Å². The fourth-order valence-corrected chi connectivity index (χ4v) is 1.77. The molecule has 0 aliphatic carbocycles. The van der Waals surface area contributed by atoms with E-state index in [1.54, 1.807) is 19.4 Å². The molecule has 1 aromatic carbocycles. The summed E-state index contributed by atoms with van der Waals surface area (Å²) in [5, 5.41) is 9.50. The van der Waals surface area contributed by atoms with Gasteiger partial charge in [0.05, 0.1) is 24.3 Å². The van der Waals surface area contributed by atoms with Crippen LogP contribution >= 0.6 is 0 Å². The fourth-order valence-electron chi connectivity index (χ4n) is 1.77. The van der Waals surface area contributed by atoms with Gasteiger partial charge in [-0.1, -0.05) is 6.07 Å². The van der Waals surface area contributed by atoms with Crippen molar-refractivity contribution in [1.29, 1.82) is 0 Å². The van der Waals surface area contributed by atoms with E-state index >= 15 is 0 Å². The largest absolute Gasteiger partial charge is 0.487 e. The van der Waals surface area contributed by atoms with Crippen LogP contribution in [0.4, 0.5) is 0 Å². The number of benzene rings is 1. The van der Waals surface area contributed by atoms with Crippen LogP contribution < -0.4 is 4.74 Å². The Balaban J connectivity index is 2.08. The number of hydrogen-bond donors (Lipinski definition) is 1. The lowest BCUT2D eigenvalue weighted by Crippen LogP contribution is -2.02. The molecule has 0 amide bonds. The zero-order valence-corrected chi connectivity index (χ0v) is 10.9. The Morgan fingerprint density at radius 2 is 2.22 bits per heavy atom. The summed E-state index contributed by atoms with van der Waals surface area (Å²) in [5.74, 6) is 0.834. The normalized spacial score (nSPS) is 12.4. The van der Waals surface area contributed by atoms with Gasteiger partial charge in [-0.2, -0.15) is 0 Å². The molecule has 0 aliphatic rings. The molecular formula is C14H18N2O2. The first kappa shape index (κ1) is 12.6. The second-order valence-corrected chi connectivity index (χ2v) is 4.49. The van der Waals surface area contributed by atoms with Crippen molar-refractivity contribution < 1.29 is 9.84 Å². The Hall–Kier alpha value is -1.81. The van der Waals surface area contributed by atoms with Crippen molar-refractivity contribution in [2.75, 3.05) is 0 Å². The van der Waals surface area contributed by atoms with Gasteiger partial charge >= 0.3 is 0 Å². The number of aromatic nitrogens is 2. The molecule has 0 radical (unpaired) electrons. The molecule has 1 heterocycles. The first-order chi connectivity index (χ1) is 8.58. The molecule has 1 aromatic heterocycles. The highest BCUT2D eigenvalue weighted by molar-refractivity contribution is 5.37. The van der Waals surface area contributed by atoms with Crippen molar-refractivity contribution in [2.45, 2.75) is 26.6 Å². The minimum atomic E-state index is -0.449. The third-order valence-electron chi connectivity index (χ3n) is 2.97. The minimum Gasteiger partial charge on any atom is -0.487 e. The van der Waals surface area contributed by atoms with Gasteiger partial charge in [-0.3, -0.25) is 0 Å². The predicted octanol–water partition coefficient (Wildman–Crippen LogP) is 2.36. The standard InChI is InChI=1S/C14H18N2O2/c1-10-6-12(11(2)17)4-5-14(10)18-8-13-7-15-9-16(13)3/h4-7,9,11,17H,8H2,1-3H3/t11-/m1/s1. The monoisotopic (exact) mass is 246 g/mol. The van der Waals surface area contributed by atoms with Gasteiger partial charge in [0, 0.05) is 7.05 Å². The van der Waals surface area contributed by atoms with Crippen molar-refractivity contribution in [3.05, 3.63) is 47.5 Å². The molecule has 0 saturated carbocycles. The lowest BCUT2D eigenvalue weighted by atomic mass is 10.1. The number of imidazole rings is 1. The summed E-state index contributed by atoms with van der Waals surface area (Å²) in [6.45, 7) is 4.22. The number of aliphatic hydroxyl groups is 1. The third kappa shape index (κ3) is 2.71. The predicted molar refractivity (Wildman–Crippen MR) is 69.4 cm³/mol. The van der Waals surface area contributed by atoms with Crippen LogP contribution in [0.15, 0.2) is 30.7 Å². The van der Waals surface area contributed by atoms with Gasteiger partial charge in [-0.25, -0.2) is 4.98 Å². The van der Waals surface area contributed by atoms with Crippen LogP contribution in [-0.4, -0.2) is 14.7 Å². The summed E-state index contributed by atoms with van der Waals surface area (Å²) in [7, 11) is 1.94. The first-order valence-electron chi connectivity index (χ1n) is 5.94. The van der Waals surface area contributed by atoms with Crippen LogP contribution in [0.25, 0.3) is 0 Å². The molecule has 18 heavy (non-hydrogen) atoms. The molecule has 2 rings (SSSR count). The molecule has 2 aromatic rings. The lowest BCUT2D eigenvalue weighted by Gasteiger charge is -2.12. The number of ether oxygens (including phenoxy) is 1. The highest BCUT2D eigenvalue weighted by Gasteiger charge is 2.06. The number of nitrogens with zero attached hydrogens (tertiary/aromatic N) is 2. The number of aryl methyl sites for hydroxylation is 2. The average molecular weight is 246 g/mol. The molecule has 0 spiro atoms. The van der Waals surface area contributed by atoms with Crippen LogP contribution in [-0.2, 0) is 13.7 Å². The Morgan fingerprint density at radius 1 is 1.44 bits per heavy atom. The summed E-state index contributed by atoms with van der Waals surface area (Å²) in [5.41, 5.74) is 2.95. The highest BCUT2D eigenvalue weighted by atomic mass is 16.5. The van der Waals surface area contributed by atoms with Gasteiger partial charge in [0.25, 0.3) is 0 Å². The van der Waals surface area contributed by atoms with Crippen molar-refractivity contribution >= 4 is 0 Å². The zero-order valence-electron chi connectivity index (χ0n) is 10.9. The van der Waals surface area contributed by atoms with Gasteiger partial charge in [0.2, 0.25) is 0 Å². The number of aliphatic hydroxyl groups excluding tert-OH is 1. The summed E-state index contributed by atoms with van der Waals surface area (Å²) in [4.78, 5) is 4.04. The first-order valence-corrected chi connectivity index (χ1v) is 5.94. The summed E-state index contributed by atoms with van der Waals surface area (Å²) >= 11 is 0. The minimum absolute atomic E-state index is 0.449. The average Bonchev–Trinajstić information content (AvgIpc) is 2.73. The maximum atomic E-state index is 9.50. The molecule has 1 atom stereocenters. The molecule has 0 bridgehead atoms. The van der Waals surface area contributed by atoms with Gasteiger partial charge < -0.3 is 14.4 Å². The van der Waals surface area contributed by atoms with E-state index in [0.29, 0.717) is 6.61 Å². The van der Waals surface area contributed by atoms with Crippen molar-refractivity contribution in [3.63, 3.8) is 0 Å². The highest BCUT2D eigenvalue weighted by Crippen LogP contribution is 2.23. The maximum absolute atomic E-state index is 9.50. The van der Waals surface area contributed by atoms with E-state index in [4.69, 9.17) is 4.74 Å². The Bertz CT molecular complexity index is 532. The molecule has 4 nitrogen and oxygen atoms in total. The fraction of sp³-hybridized carbons (Fsp3) is 0.357. The Labute approximate surface area is 107 Å². The summed E-state index contributed by atoms with van der Waals surface area (Å²) in [6.07, 6.45) is 3.09. The molecule has 96 valence electrons. The van der Waals surface area contributed by atoms with Crippen LogP contribution in [0, 0.1) is 6.92 Å². The van der Waals surface area contributed by atoms with E-state index < -0.39 is 6.10 Å². The van der Waals surface area contributed by atoms with Gasteiger partial charge in [-0.05, 0) is 37.1 Å². The van der Waals surface area contributed by atoms with E-state index in [0.717, 1.165) is 22.6 Å². The van der Waals surface area contributed by atoms with E-state index in [-0.39, 0.29) is 0 Å². The van der Waals surface area contributed by atoms with Crippen LogP contribution in [0.5, 0.6) is 5.75 Å². The van der Waals surface area contributed by atoms with E-state index in [2.05, 4.69) is 4.98 Å². The molecule has 0 saturated heterocycles. The van der Waals surface area contributed by atoms with Gasteiger partial charge in [0.15, 0.2) is 0 Å². The van der Waals surface area contributed by atoms with Crippen LogP contribution in [0.2, 0.25) is 0 Å². The topological polar surface area (TPSA) is 47.3 Å².